The molecule has 0 aromatic carbocycles. The van der Waals surface area contributed by atoms with E-state index in [0.717, 1.165) is 5.69 Å². The number of nitrogens with one attached hydrogen (secondary N) is 1. The number of hydrogen-bond acceptors (Lipinski definition) is 5. The van der Waals surface area contributed by atoms with Gasteiger partial charge in [0.2, 0.25) is 0 Å². The number of rotatable bonds is 3. The van der Waals surface area contributed by atoms with Gasteiger partial charge in [0.1, 0.15) is 6.26 Å². The highest BCUT2D eigenvalue weighted by atomic mass is 16.5. The number of aromatic nitrogens is 1. The van der Waals surface area contributed by atoms with Gasteiger partial charge in [0, 0.05) is 12.6 Å². The second kappa shape index (κ2) is 5.09. The molecule has 5 heteroatoms. The van der Waals surface area contributed by atoms with Crippen molar-refractivity contribution in [2.45, 2.75) is 12.6 Å². The lowest BCUT2D eigenvalue weighted by molar-refractivity contribution is 0.103. The minimum atomic E-state index is 0.245. The Morgan fingerprint density at radius 3 is 2.79 bits per heavy atom. The summed E-state index contributed by atoms with van der Waals surface area (Å²) in [5, 5.41) is 7.10. The summed E-state index contributed by atoms with van der Waals surface area (Å²) in [5.41, 5.74) is 0.897. The standard InChI is InChI=1S/C9H14N2O3/c1-2-14-11-8(1)5-10-9-6-12-3-4-13-7-9/h1-2,9-10H,3-7H2. The zero-order valence-electron chi connectivity index (χ0n) is 7.94. The molecule has 1 aliphatic rings. The first kappa shape index (κ1) is 9.64. The van der Waals surface area contributed by atoms with Crippen molar-refractivity contribution in [3.63, 3.8) is 0 Å². The van der Waals surface area contributed by atoms with E-state index in [0.29, 0.717) is 33.0 Å². The quantitative estimate of drug-likeness (QED) is 0.750. The van der Waals surface area contributed by atoms with Gasteiger partial charge in [0.25, 0.3) is 0 Å². The molecule has 0 saturated carbocycles. The summed E-state index contributed by atoms with van der Waals surface area (Å²) in [6, 6.07) is 2.08. The third-order valence-electron chi connectivity index (χ3n) is 2.07. The van der Waals surface area contributed by atoms with Crippen LogP contribution >= 0.6 is 0 Å². The fraction of sp³-hybridized carbons (Fsp3) is 0.667. The lowest BCUT2D eigenvalue weighted by atomic mass is 10.3. The normalized spacial score (nSPS) is 19.4. The maximum Gasteiger partial charge on any atom is 0.124 e. The lowest BCUT2D eigenvalue weighted by Gasteiger charge is -2.13. The van der Waals surface area contributed by atoms with E-state index in [4.69, 9.17) is 14.0 Å². The van der Waals surface area contributed by atoms with Crippen molar-refractivity contribution in [1.82, 2.24) is 10.5 Å². The molecule has 1 saturated heterocycles. The van der Waals surface area contributed by atoms with Crippen molar-refractivity contribution < 1.29 is 14.0 Å². The van der Waals surface area contributed by atoms with Crippen molar-refractivity contribution in [3.05, 3.63) is 18.0 Å². The highest BCUT2D eigenvalue weighted by molar-refractivity contribution is 4.94. The summed E-state index contributed by atoms with van der Waals surface area (Å²) in [7, 11) is 0. The zero-order chi connectivity index (χ0) is 9.64. The third kappa shape index (κ3) is 2.80. The molecule has 1 aliphatic heterocycles. The number of hydrogen-bond donors (Lipinski definition) is 1. The van der Waals surface area contributed by atoms with Gasteiger partial charge >= 0.3 is 0 Å². The molecule has 0 bridgehead atoms. The van der Waals surface area contributed by atoms with Crippen LogP contribution in [0, 0.1) is 0 Å². The highest BCUT2D eigenvalue weighted by Crippen LogP contribution is 1.98. The molecule has 0 unspecified atom stereocenters. The monoisotopic (exact) mass is 198 g/mol. The summed E-state index contributed by atoms with van der Waals surface area (Å²) in [4.78, 5) is 0. The summed E-state index contributed by atoms with van der Waals surface area (Å²) in [6.07, 6.45) is 1.57. The largest absolute Gasteiger partial charge is 0.377 e. The molecule has 0 radical (unpaired) electrons. The van der Waals surface area contributed by atoms with E-state index in [1.54, 1.807) is 6.26 Å². The molecule has 0 atom stereocenters. The van der Waals surface area contributed by atoms with Gasteiger partial charge in [-0.15, -0.1) is 0 Å². The summed E-state index contributed by atoms with van der Waals surface area (Å²) >= 11 is 0. The van der Waals surface area contributed by atoms with E-state index >= 15 is 0 Å². The smallest absolute Gasteiger partial charge is 0.124 e. The van der Waals surface area contributed by atoms with Crippen LogP contribution in [-0.2, 0) is 16.0 Å². The van der Waals surface area contributed by atoms with Crippen LogP contribution in [0.2, 0.25) is 0 Å². The average molecular weight is 198 g/mol. The van der Waals surface area contributed by atoms with Crippen LogP contribution in [0.5, 0.6) is 0 Å². The first-order valence-corrected chi connectivity index (χ1v) is 4.73. The fourth-order valence-corrected chi connectivity index (χ4v) is 1.31. The van der Waals surface area contributed by atoms with Gasteiger partial charge in [0.05, 0.1) is 38.2 Å². The Balaban J connectivity index is 1.73. The summed E-state index contributed by atoms with van der Waals surface area (Å²) in [6.45, 7) is 3.44. The molecule has 0 aliphatic carbocycles. The maximum atomic E-state index is 5.35. The fourth-order valence-electron chi connectivity index (χ4n) is 1.31. The second-order valence-corrected chi connectivity index (χ2v) is 3.22. The van der Waals surface area contributed by atoms with Crippen LogP contribution in [0.25, 0.3) is 0 Å². The van der Waals surface area contributed by atoms with Crippen LogP contribution in [-0.4, -0.2) is 37.6 Å². The highest BCUT2D eigenvalue weighted by Gasteiger charge is 2.12. The molecule has 5 nitrogen and oxygen atoms in total. The summed E-state index contributed by atoms with van der Waals surface area (Å²) < 4.78 is 15.4. The maximum absolute atomic E-state index is 5.35. The SMILES string of the molecule is c1cc(CNC2COCCOC2)no1. The van der Waals surface area contributed by atoms with E-state index in [-0.39, 0.29) is 6.04 Å². The zero-order valence-corrected chi connectivity index (χ0v) is 7.94. The van der Waals surface area contributed by atoms with E-state index < -0.39 is 0 Å². The Bertz CT molecular complexity index is 243. The van der Waals surface area contributed by atoms with Crippen LogP contribution < -0.4 is 5.32 Å². The van der Waals surface area contributed by atoms with E-state index in [1.807, 2.05) is 6.07 Å². The van der Waals surface area contributed by atoms with E-state index in [2.05, 4.69) is 10.5 Å². The Kier molecular flexibility index (Phi) is 3.50. The number of nitrogens with zero attached hydrogens (tertiary/aromatic N) is 1. The Hall–Kier alpha value is -0.910. The van der Waals surface area contributed by atoms with Gasteiger partial charge in [-0.05, 0) is 0 Å². The van der Waals surface area contributed by atoms with Crippen LogP contribution in [0.3, 0.4) is 0 Å². The van der Waals surface area contributed by atoms with Crippen LogP contribution in [0.1, 0.15) is 5.69 Å². The van der Waals surface area contributed by atoms with Crippen LogP contribution in [0.15, 0.2) is 16.9 Å². The molecule has 1 fully saturated rings. The third-order valence-corrected chi connectivity index (χ3v) is 2.07. The van der Waals surface area contributed by atoms with Crippen molar-refractivity contribution in [2.75, 3.05) is 26.4 Å². The van der Waals surface area contributed by atoms with E-state index in [9.17, 15) is 0 Å². The van der Waals surface area contributed by atoms with Crippen molar-refractivity contribution in [2.24, 2.45) is 0 Å². The molecule has 78 valence electrons. The Labute approximate surface area is 82.4 Å². The molecule has 1 aromatic heterocycles. The average Bonchev–Trinajstić information content (AvgIpc) is 2.58. The first-order valence-electron chi connectivity index (χ1n) is 4.73. The molecular formula is C9H14N2O3. The molecule has 0 spiro atoms. The topological polar surface area (TPSA) is 56.5 Å². The van der Waals surface area contributed by atoms with Crippen molar-refractivity contribution in [3.8, 4) is 0 Å². The first-order chi connectivity index (χ1) is 6.95. The second-order valence-electron chi connectivity index (χ2n) is 3.22. The molecule has 14 heavy (non-hydrogen) atoms. The predicted molar refractivity (Wildman–Crippen MR) is 48.8 cm³/mol. The molecule has 2 heterocycles. The van der Waals surface area contributed by atoms with Gasteiger partial charge in [-0.25, -0.2) is 0 Å². The number of ether oxygens (including phenoxy) is 2. The summed E-state index contributed by atoms with van der Waals surface area (Å²) in [5.74, 6) is 0. The predicted octanol–water partition coefficient (Wildman–Crippen LogP) is 0.180. The van der Waals surface area contributed by atoms with E-state index in [1.165, 1.54) is 0 Å². The van der Waals surface area contributed by atoms with Gasteiger partial charge in [0.15, 0.2) is 0 Å². The van der Waals surface area contributed by atoms with Gasteiger partial charge < -0.3 is 19.3 Å². The van der Waals surface area contributed by atoms with Crippen LogP contribution in [0.4, 0.5) is 0 Å². The molecular weight excluding hydrogens is 184 g/mol. The molecule has 1 aromatic rings. The Morgan fingerprint density at radius 2 is 2.14 bits per heavy atom. The minimum Gasteiger partial charge on any atom is -0.377 e. The lowest BCUT2D eigenvalue weighted by Crippen LogP contribution is -2.35. The van der Waals surface area contributed by atoms with Gasteiger partial charge in [-0.1, -0.05) is 5.16 Å². The molecule has 1 N–H and O–H groups in total. The van der Waals surface area contributed by atoms with Gasteiger partial charge in [-0.3, -0.25) is 0 Å². The van der Waals surface area contributed by atoms with Crippen molar-refractivity contribution in [1.29, 1.82) is 0 Å². The van der Waals surface area contributed by atoms with Crippen molar-refractivity contribution >= 4 is 0 Å². The van der Waals surface area contributed by atoms with Gasteiger partial charge in [-0.2, -0.15) is 0 Å². The minimum absolute atomic E-state index is 0.245. The Morgan fingerprint density at radius 1 is 1.36 bits per heavy atom. The molecule has 0 amide bonds. The molecule has 2 rings (SSSR count).